The van der Waals surface area contributed by atoms with Crippen LogP contribution in [0, 0.1) is 0 Å². The predicted molar refractivity (Wildman–Crippen MR) is 38.4 cm³/mol. The second-order valence-electron chi connectivity index (χ2n) is 1.64. The Morgan fingerprint density at radius 3 is 2.88 bits per heavy atom. The first-order chi connectivity index (χ1) is 3.84. The van der Waals surface area contributed by atoms with E-state index in [0.29, 0.717) is 0 Å². The average Bonchev–Trinajstić information content (AvgIpc) is 2.14. The number of hydrogen-bond donors (Lipinski definition) is 0. The van der Waals surface area contributed by atoms with Gasteiger partial charge >= 0.3 is 0 Å². The van der Waals surface area contributed by atoms with Gasteiger partial charge in [-0.25, -0.2) is 0 Å². The third kappa shape index (κ3) is 1.09. The van der Waals surface area contributed by atoms with E-state index >= 15 is 0 Å². The average molecular weight is 151 g/mol. The lowest BCUT2D eigenvalue weighted by Gasteiger charge is -2.06. The molecule has 1 aliphatic rings. The summed E-state index contributed by atoms with van der Waals surface area (Å²) in [6.07, 6.45) is 0. The van der Waals surface area contributed by atoms with Crippen LogP contribution in [-0.4, -0.2) is 29.4 Å². The van der Waals surface area contributed by atoms with E-state index in [1.807, 2.05) is 11.9 Å². The van der Waals surface area contributed by atoms with Gasteiger partial charge in [0.1, 0.15) is 0 Å². The van der Waals surface area contributed by atoms with Gasteiger partial charge < -0.3 is 4.90 Å². The highest BCUT2D eigenvalue weighted by molar-refractivity contribution is 8.14. The van der Waals surface area contributed by atoms with Crippen molar-refractivity contribution in [1.82, 2.24) is 4.90 Å². The maximum atomic E-state index is 5.23. The van der Waals surface area contributed by atoms with E-state index in [0.717, 1.165) is 17.5 Å². The molecule has 46 valence electrons. The molecule has 0 radical (unpaired) electrons. The first kappa shape index (κ1) is 6.23. The van der Waals surface area contributed by atoms with Gasteiger partial charge in [-0.2, -0.15) is 4.51 Å². The fourth-order valence-corrected chi connectivity index (χ4v) is 1.75. The van der Waals surface area contributed by atoms with Crippen LogP contribution in [0.5, 0.6) is 0 Å². The number of halogens is 1. The summed E-state index contributed by atoms with van der Waals surface area (Å²) in [5, 5.41) is 0.937. The van der Waals surface area contributed by atoms with Crippen molar-refractivity contribution in [2.45, 2.75) is 0 Å². The lowest BCUT2D eigenvalue weighted by atomic mass is 10.7. The van der Waals surface area contributed by atoms with Crippen molar-refractivity contribution in [3.8, 4) is 0 Å². The van der Waals surface area contributed by atoms with Gasteiger partial charge in [0.05, 0.1) is 0 Å². The van der Waals surface area contributed by atoms with E-state index in [1.165, 1.54) is 0 Å². The van der Waals surface area contributed by atoms with Gasteiger partial charge in [-0.15, -0.1) is 0 Å². The molecule has 1 fully saturated rings. The van der Waals surface area contributed by atoms with Crippen molar-refractivity contribution in [2.75, 3.05) is 19.3 Å². The standard InChI is InChI=1S/C4H7ClN2S/c1-7-2-3-8-4(7)6-5/h2-3H2,1H3. The maximum absolute atomic E-state index is 5.23. The van der Waals surface area contributed by atoms with Crippen LogP contribution < -0.4 is 0 Å². The molecule has 1 rings (SSSR count). The maximum Gasteiger partial charge on any atom is 0.177 e. The third-order valence-corrected chi connectivity index (χ3v) is 2.36. The fraction of sp³-hybridized carbons (Fsp3) is 0.750. The Labute approximate surface area is 58.0 Å². The van der Waals surface area contributed by atoms with Gasteiger partial charge in [0, 0.05) is 31.1 Å². The molecule has 0 bridgehead atoms. The minimum atomic E-state index is 0.937. The Kier molecular flexibility index (Phi) is 2.02. The highest BCUT2D eigenvalue weighted by atomic mass is 35.5. The largest absolute Gasteiger partial charge is 0.353 e. The van der Waals surface area contributed by atoms with E-state index in [2.05, 4.69) is 4.51 Å². The molecule has 4 heteroatoms. The summed E-state index contributed by atoms with van der Waals surface area (Å²) in [7, 11) is 1.99. The molecule has 1 heterocycles. The van der Waals surface area contributed by atoms with E-state index in [9.17, 15) is 0 Å². The molecule has 8 heavy (non-hydrogen) atoms. The van der Waals surface area contributed by atoms with Crippen molar-refractivity contribution in [1.29, 1.82) is 0 Å². The molecule has 0 unspecified atom stereocenters. The molecule has 0 atom stereocenters. The molecule has 0 amide bonds. The summed E-state index contributed by atoms with van der Waals surface area (Å²) in [6, 6.07) is 0. The van der Waals surface area contributed by atoms with Gasteiger partial charge in [0.15, 0.2) is 5.17 Å². The van der Waals surface area contributed by atoms with E-state index in [4.69, 9.17) is 11.8 Å². The van der Waals surface area contributed by atoms with Crippen LogP contribution in [0.3, 0.4) is 0 Å². The van der Waals surface area contributed by atoms with Gasteiger partial charge in [0.25, 0.3) is 0 Å². The van der Waals surface area contributed by atoms with Crippen LogP contribution in [0.15, 0.2) is 4.51 Å². The molecule has 0 aliphatic carbocycles. The molecule has 0 N–H and O–H groups in total. The molecule has 0 aromatic heterocycles. The van der Waals surface area contributed by atoms with Crippen molar-refractivity contribution in [3.63, 3.8) is 0 Å². The van der Waals surface area contributed by atoms with Gasteiger partial charge in [-0.05, 0) is 0 Å². The third-order valence-electron chi connectivity index (χ3n) is 1.06. The normalized spacial score (nSPS) is 25.2. The van der Waals surface area contributed by atoms with Crippen LogP contribution in [-0.2, 0) is 0 Å². The van der Waals surface area contributed by atoms with Crippen molar-refractivity contribution >= 4 is 28.7 Å². The van der Waals surface area contributed by atoms with Crippen LogP contribution >= 0.6 is 23.5 Å². The second kappa shape index (κ2) is 2.60. The Hall–Kier alpha value is 0.110. The molecular formula is C4H7ClN2S. The molecule has 0 saturated carbocycles. The molecule has 0 spiro atoms. The van der Waals surface area contributed by atoms with Crippen molar-refractivity contribution in [2.24, 2.45) is 4.51 Å². The Balaban J connectivity index is 2.55. The second-order valence-corrected chi connectivity index (χ2v) is 2.87. The number of thioether (sulfide) groups is 1. The number of hydrogen-bond acceptors (Lipinski definition) is 2. The number of amidine groups is 1. The highest BCUT2D eigenvalue weighted by Crippen LogP contribution is 2.15. The summed E-state index contributed by atoms with van der Waals surface area (Å²) < 4.78 is 3.55. The van der Waals surface area contributed by atoms with Crippen molar-refractivity contribution in [3.05, 3.63) is 0 Å². The van der Waals surface area contributed by atoms with Gasteiger partial charge in [-0.1, -0.05) is 11.8 Å². The van der Waals surface area contributed by atoms with Crippen molar-refractivity contribution < 1.29 is 0 Å². The SMILES string of the molecule is CN1CCSC1=NCl. The first-order valence-electron chi connectivity index (χ1n) is 2.37. The molecule has 0 aromatic carbocycles. The predicted octanol–water partition coefficient (Wildman–Crippen LogP) is 1.17. The lowest BCUT2D eigenvalue weighted by Crippen LogP contribution is -2.17. The molecule has 1 saturated heterocycles. The van der Waals surface area contributed by atoms with E-state index in [-0.39, 0.29) is 0 Å². The quantitative estimate of drug-likeness (QED) is 0.515. The van der Waals surface area contributed by atoms with Crippen LogP contribution in [0.1, 0.15) is 0 Å². The summed E-state index contributed by atoms with van der Waals surface area (Å²) >= 11 is 6.92. The zero-order valence-corrected chi connectivity index (χ0v) is 6.17. The topological polar surface area (TPSA) is 15.6 Å². The van der Waals surface area contributed by atoms with E-state index < -0.39 is 0 Å². The van der Waals surface area contributed by atoms with Gasteiger partial charge in [-0.3, -0.25) is 0 Å². The fourth-order valence-electron chi connectivity index (χ4n) is 0.569. The lowest BCUT2D eigenvalue weighted by molar-refractivity contribution is 0.564. The Morgan fingerprint density at radius 2 is 2.62 bits per heavy atom. The smallest absolute Gasteiger partial charge is 0.177 e. The summed E-state index contributed by atoms with van der Waals surface area (Å²) in [6.45, 7) is 1.07. The molecule has 1 aliphatic heterocycles. The Morgan fingerprint density at radius 1 is 1.88 bits per heavy atom. The van der Waals surface area contributed by atoms with Crippen LogP contribution in [0.25, 0.3) is 0 Å². The zero-order chi connectivity index (χ0) is 5.98. The molecule has 0 aromatic rings. The molecule has 2 nitrogen and oxygen atoms in total. The Bertz CT molecular complexity index is 115. The van der Waals surface area contributed by atoms with E-state index in [1.54, 1.807) is 11.8 Å². The molecular weight excluding hydrogens is 144 g/mol. The minimum Gasteiger partial charge on any atom is -0.353 e. The zero-order valence-electron chi connectivity index (χ0n) is 4.59. The number of rotatable bonds is 0. The van der Waals surface area contributed by atoms with Crippen LogP contribution in [0.4, 0.5) is 0 Å². The summed E-state index contributed by atoms with van der Waals surface area (Å²) in [5.74, 6) is 1.11. The summed E-state index contributed by atoms with van der Waals surface area (Å²) in [4.78, 5) is 2.04. The monoisotopic (exact) mass is 150 g/mol. The van der Waals surface area contributed by atoms with Gasteiger partial charge in [0.2, 0.25) is 0 Å². The number of nitrogens with zero attached hydrogens (tertiary/aromatic N) is 2. The minimum absolute atomic E-state index is 0.937. The highest BCUT2D eigenvalue weighted by Gasteiger charge is 2.13. The summed E-state index contributed by atoms with van der Waals surface area (Å²) in [5.41, 5.74) is 0. The first-order valence-corrected chi connectivity index (χ1v) is 3.70. The van der Waals surface area contributed by atoms with Crippen LogP contribution in [0.2, 0.25) is 0 Å².